The second kappa shape index (κ2) is 10.8. The minimum atomic E-state index is 1.15. The van der Waals surface area contributed by atoms with Crippen LogP contribution in [0.15, 0.2) is 188 Å². The number of hydrogen-bond donors (Lipinski definition) is 0. The summed E-state index contributed by atoms with van der Waals surface area (Å²) in [7, 11) is 0. The second-order valence-electron chi connectivity index (χ2n) is 13.3. The maximum absolute atomic E-state index is 2.48. The summed E-state index contributed by atoms with van der Waals surface area (Å²) in [5.74, 6) is 0. The molecule has 8 aromatic carbocycles. The molecule has 3 nitrogen and oxygen atoms in total. The molecule has 0 atom stereocenters. The number of fused-ring (bicyclic) bond motifs is 9. The summed E-state index contributed by atoms with van der Waals surface area (Å²) in [6, 6.07) is 68.4. The first-order valence-corrected chi connectivity index (χ1v) is 17.5. The van der Waals surface area contributed by atoms with Gasteiger partial charge in [-0.05, 0) is 60.7 Å². The number of benzene rings is 8. The molecule has 238 valence electrons. The molecular formula is C48H31N3. The van der Waals surface area contributed by atoms with Crippen LogP contribution < -0.4 is 0 Å². The lowest BCUT2D eigenvalue weighted by atomic mass is 10.0. The van der Waals surface area contributed by atoms with E-state index in [0.717, 1.165) is 17.1 Å². The number of aromatic nitrogens is 3. The van der Waals surface area contributed by atoms with Gasteiger partial charge >= 0.3 is 0 Å². The van der Waals surface area contributed by atoms with E-state index in [1.807, 2.05) is 0 Å². The van der Waals surface area contributed by atoms with Gasteiger partial charge in [-0.15, -0.1) is 0 Å². The summed E-state index contributed by atoms with van der Waals surface area (Å²) in [6.45, 7) is 0. The Hall–Kier alpha value is -6.84. The second-order valence-corrected chi connectivity index (χ2v) is 13.3. The molecule has 0 saturated heterocycles. The predicted octanol–water partition coefficient (Wildman–Crippen LogP) is 12.6. The van der Waals surface area contributed by atoms with Crippen molar-refractivity contribution in [3.8, 4) is 28.2 Å². The van der Waals surface area contributed by atoms with Gasteiger partial charge in [-0.3, -0.25) is 0 Å². The Labute approximate surface area is 294 Å². The van der Waals surface area contributed by atoms with E-state index in [2.05, 4.69) is 202 Å². The molecule has 0 aliphatic rings. The van der Waals surface area contributed by atoms with Gasteiger partial charge in [-0.2, -0.15) is 0 Å². The minimum Gasteiger partial charge on any atom is -0.309 e. The molecule has 11 rings (SSSR count). The van der Waals surface area contributed by atoms with Crippen LogP contribution in [0.4, 0.5) is 0 Å². The van der Waals surface area contributed by atoms with Crippen LogP contribution in [0.5, 0.6) is 0 Å². The van der Waals surface area contributed by atoms with Crippen LogP contribution in [0.1, 0.15) is 0 Å². The van der Waals surface area contributed by atoms with E-state index >= 15 is 0 Å². The molecule has 0 saturated carbocycles. The zero-order chi connectivity index (χ0) is 33.5. The zero-order valence-corrected chi connectivity index (χ0v) is 27.7. The maximum atomic E-state index is 2.48. The first kappa shape index (κ1) is 28.0. The Kier molecular flexibility index (Phi) is 5.96. The van der Waals surface area contributed by atoms with Crippen molar-refractivity contribution < 1.29 is 0 Å². The molecule has 3 heterocycles. The van der Waals surface area contributed by atoms with E-state index in [9.17, 15) is 0 Å². The molecule has 0 aliphatic carbocycles. The summed E-state index contributed by atoms with van der Waals surface area (Å²) in [6.07, 6.45) is 0. The van der Waals surface area contributed by atoms with E-state index in [-0.39, 0.29) is 0 Å². The Bertz CT molecular complexity index is 3080. The lowest BCUT2D eigenvalue weighted by molar-refractivity contribution is 1.15. The molecule has 0 radical (unpaired) electrons. The summed E-state index contributed by atoms with van der Waals surface area (Å²) < 4.78 is 7.33. The third-order valence-electron chi connectivity index (χ3n) is 10.6. The zero-order valence-electron chi connectivity index (χ0n) is 27.7. The van der Waals surface area contributed by atoms with E-state index in [1.165, 1.54) is 76.5 Å². The predicted molar refractivity (Wildman–Crippen MR) is 215 cm³/mol. The van der Waals surface area contributed by atoms with Gasteiger partial charge in [0.2, 0.25) is 0 Å². The van der Waals surface area contributed by atoms with Crippen molar-refractivity contribution >= 4 is 65.4 Å². The molecule has 11 aromatic rings. The fraction of sp³-hybridized carbons (Fsp3) is 0. The van der Waals surface area contributed by atoms with Crippen LogP contribution in [0.3, 0.4) is 0 Å². The van der Waals surface area contributed by atoms with Crippen LogP contribution in [0.25, 0.3) is 93.6 Å². The largest absolute Gasteiger partial charge is 0.309 e. The standard InChI is InChI=1S/C48H31N3/c1-2-16-32(17-3-1)49-41-24-10-8-22-37(41)39-30-40-38-23-9-15-29-46(38)51(48(40)31-47(39)49)45-28-14-7-21-36(45)35-20-6-13-27-44(35)50-42-25-11-4-18-33(42)34-19-5-12-26-43(34)50/h1-31H. The van der Waals surface area contributed by atoms with Crippen LogP contribution in [-0.4, -0.2) is 13.7 Å². The lowest BCUT2D eigenvalue weighted by Crippen LogP contribution is -2.01. The summed E-state index contributed by atoms with van der Waals surface area (Å²) >= 11 is 0. The molecule has 0 aliphatic heterocycles. The fourth-order valence-electron chi connectivity index (χ4n) is 8.52. The Morgan fingerprint density at radius 3 is 1.10 bits per heavy atom. The number of hydrogen-bond acceptors (Lipinski definition) is 0. The third-order valence-corrected chi connectivity index (χ3v) is 10.6. The molecule has 0 fully saturated rings. The van der Waals surface area contributed by atoms with Gasteiger partial charge in [0.25, 0.3) is 0 Å². The van der Waals surface area contributed by atoms with Gasteiger partial charge in [0.1, 0.15) is 0 Å². The van der Waals surface area contributed by atoms with Crippen molar-refractivity contribution in [1.29, 1.82) is 0 Å². The normalized spacial score (nSPS) is 11.9. The molecule has 3 heteroatoms. The highest BCUT2D eigenvalue weighted by molar-refractivity contribution is 6.19. The van der Waals surface area contributed by atoms with Gasteiger partial charge in [0.05, 0.1) is 44.5 Å². The average molecular weight is 650 g/mol. The van der Waals surface area contributed by atoms with Gasteiger partial charge in [-0.25, -0.2) is 0 Å². The minimum absolute atomic E-state index is 1.15. The van der Waals surface area contributed by atoms with Gasteiger partial charge < -0.3 is 13.7 Å². The first-order chi connectivity index (χ1) is 25.3. The summed E-state index contributed by atoms with van der Waals surface area (Å²) in [5.41, 5.74) is 13.0. The van der Waals surface area contributed by atoms with Gasteiger partial charge in [-0.1, -0.05) is 127 Å². The maximum Gasteiger partial charge on any atom is 0.0562 e. The fourth-order valence-corrected chi connectivity index (χ4v) is 8.52. The van der Waals surface area contributed by atoms with Crippen LogP contribution >= 0.6 is 0 Å². The smallest absolute Gasteiger partial charge is 0.0562 e. The Morgan fingerprint density at radius 1 is 0.235 bits per heavy atom. The van der Waals surface area contributed by atoms with Crippen molar-refractivity contribution in [2.75, 3.05) is 0 Å². The topological polar surface area (TPSA) is 14.8 Å². The summed E-state index contributed by atoms with van der Waals surface area (Å²) in [5, 5.41) is 7.54. The van der Waals surface area contributed by atoms with Crippen molar-refractivity contribution in [3.63, 3.8) is 0 Å². The van der Waals surface area contributed by atoms with Crippen LogP contribution in [0, 0.1) is 0 Å². The lowest BCUT2D eigenvalue weighted by Gasteiger charge is -2.18. The molecule has 3 aromatic heterocycles. The van der Waals surface area contributed by atoms with Crippen LogP contribution in [-0.2, 0) is 0 Å². The highest BCUT2D eigenvalue weighted by atomic mass is 15.0. The third kappa shape index (κ3) is 4.00. The number of rotatable bonds is 4. The van der Waals surface area contributed by atoms with Crippen molar-refractivity contribution in [3.05, 3.63) is 188 Å². The highest BCUT2D eigenvalue weighted by Crippen LogP contribution is 2.43. The molecule has 0 N–H and O–H groups in total. The van der Waals surface area contributed by atoms with Gasteiger partial charge in [0.15, 0.2) is 0 Å². The molecular weight excluding hydrogens is 619 g/mol. The molecule has 51 heavy (non-hydrogen) atoms. The van der Waals surface area contributed by atoms with E-state index in [4.69, 9.17) is 0 Å². The van der Waals surface area contributed by atoms with Crippen molar-refractivity contribution in [2.45, 2.75) is 0 Å². The average Bonchev–Trinajstić information content (AvgIpc) is 3.83. The quantitative estimate of drug-likeness (QED) is 0.180. The molecule has 0 bridgehead atoms. The monoisotopic (exact) mass is 649 g/mol. The highest BCUT2D eigenvalue weighted by Gasteiger charge is 2.21. The van der Waals surface area contributed by atoms with E-state index in [0.29, 0.717) is 0 Å². The number of para-hydroxylation sites is 7. The number of nitrogens with zero attached hydrogens (tertiary/aromatic N) is 3. The molecule has 0 amide bonds. The van der Waals surface area contributed by atoms with Gasteiger partial charge in [0, 0.05) is 49.1 Å². The van der Waals surface area contributed by atoms with Crippen molar-refractivity contribution in [2.24, 2.45) is 0 Å². The summed E-state index contributed by atoms with van der Waals surface area (Å²) in [4.78, 5) is 0. The Morgan fingerprint density at radius 2 is 0.588 bits per heavy atom. The van der Waals surface area contributed by atoms with Crippen LogP contribution in [0.2, 0.25) is 0 Å². The van der Waals surface area contributed by atoms with Crippen molar-refractivity contribution in [1.82, 2.24) is 13.7 Å². The molecule has 0 spiro atoms. The first-order valence-electron chi connectivity index (χ1n) is 17.5. The Balaban J connectivity index is 1.24. The molecule has 0 unspecified atom stereocenters. The van der Waals surface area contributed by atoms with E-state index in [1.54, 1.807) is 0 Å². The SMILES string of the molecule is c1ccc(-n2c3ccccc3c3cc4c5ccccc5n(-c5ccccc5-c5ccccc5-n5c6ccccc6c6ccccc65)c4cc32)cc1. The van der Waals surface area contributed by atoms with E-state index < -0.39 is 0 Å².